The number of para-hydroxylation sites is 1. The molecule has 9 heteroatoms. The summed E-state index contributed by atoms with van der Waals surface area (Å²) in [5.41, 5.74) is 3.29. The van der Waals surface area contributed by atoms with E-state index in [1.54, 1.807) is 30.6 Å². The van der Waals surface area contributed by atoms with E-state index in [4.69, 9.17) is 9.47 Å². The maximum atomic E-state index is 14.3. The molecule has 1 aromatic carbocycles. The molecule has 8 nitrogen and oxygen atoms in total. The first-order valence-corrected chi connectivity index (χ1v) is 10.8. The molecule has 0 unspecified atom stereocenters. The van der Waals surface area contributed by atoms with Crippen molar-refractivity contribution in [3.8, 4) is 22.8 Å². The van der Waals surface area contributed by atoms with Crippen LogP contribution < -0.4 is 20.1 Å². The lowest BCUT2D eigenvalue weighted by Crippen LogP contribution is -2.42. The summed E-state index contributed by atoms with van der Waals surface area (Å²) in [7, 11) is 1.39. The summed E-state index contributed by atoms with van der Waals surface area (Å²) in [4.78, 5) is 33.1. The number of fused-ring (bicyclic) bond motifs is 4. The van der Waals surface area contributed by atoms with Crippen LogP contribution in [0.3, 0.4) is 0 Å². The molecule has 0 aliphatic carbocycles. The van der Waals surface area contributed by atoms with Gasteiger partial charge in [-0.1, -0.05) is 6.07 Å². The Morgan fingerprint density at radius 2 is 2.12 bits per heavy atom. The number of methoxy groups -OCH3 is 1. The summed E-state index contributed by atoms with van der Waals surface area (Å²) < 4.78 is 25.6. The number of H-pyrrole nitrogens is 1. The number of rotatable bonds is 3. The molecule has 0 saturated heterocycles. The fraction of sp³-hybridized carbons (Fsp3) is 0.292. The minimum Gasteiger partial charge on any atom is -0.492 e. The van der Waals surface area contributed by atoms with Crippen molar-refractivity contribution >= 4 is 23.1 Å². The number of nitrogens with zero attached hydrogens (tertiary/aromatic N) is 1. The van der Waals surface area contributed by atoms with E-state index < -0.39 is 5.82 Å². The second-order valence-corrected chi connectivity index (χ2v) is 8.12. The maximum absolute atomic E-state index is 14.3. The van der Waals surface area contributed by atoms with Crippen molar-refractivity contribution in [2.45, 2.75) is 31.7 Å². The number of ether oxygens (including phenoxy) is 2. The van der Waals surface area contributed by atoms with Crippen LogP contribution >= 0.6 is 0 Å². The van der Waals surface area contributed by atoms with Crippen molar-refractivity contribution in [1.29, 1.82) is 0 Å². The minimum absolute atomic E-state index is 0.0405. The van der Waals surface area contributed by atoms with Gasteiger partial charge in [0.25, 0.3) is 5.91 Å². The largest absolute Gasteiger partial charge is 0.492 e. The molecule has 5 rings (SSSR count). The van der Waals surface area contributed by atoms with Gasteiger partial charge in [-0.3, -0.25) is 14.6 Å². The molecule has 0 fully saturated rings. The summed E-state index contributed by atoms with van der Waals surface area (Å²) in [6.07, 6.45) is 4.93. The molecule has 170 valence electrons. The number of nitrogens with one attached hydrogen (secondary N) is 3. The van der Waals surface area contributed by atoms with Gasteiger partial charge < -0.3 is 25.1 Å². The number of amides is 1. The fourth-order valence-corrected chi connectivity index (χ4v) is 4.44. The molecule has 0 spiro atoms. The molecule has 3 bridgehead atoms. The second-order valence-electron chi connectivity index (χ2n) is 8.12. The standard InChI is InChI=1S/C24H23FN4O4/c1-32-23-16(25)5-2-6-17(23)28-22-20-18-11-13(27-24(20)31)10-14(30)4-3-9-33-19-12-26-8-7-15(19)21(22)29-18/h2,5-8,12-13,28-29H,3-4,9-11H2,1H3,(H,27,31)/t13-/m1/s1. The lowest BCUT2D eigenvalue weighted by molar-refractivity contribution is -0.119. The van der Waals surface area contributed by atoms with E-state index in [0.29, 0.717) is 65.5 Å². The highest BCUT2D eigenvalue weighted by atomic mass is 19.1. The van der Waals surface area contributed by atoms with Gasteiger partial charge in [-0.05, 0) is 24.6 Å². The number of halogens is 1. The summed E-state index contributed by atoms with van der Waals surface area (Å²) in [5, 5.41) is 6.17. The van der Waals surface area contributed by atoms with E-state index in [1.807, 2.05) is 0 Å². The van der Waals surface area contributed by atoms with Gasteiger partial charge in [-0.25, -0.2) is 4.39 Å². The number of carbonyl (C=O) groups excluding carboxylic acids is 2. The smallest absolute Gasteiger partial charge is 0.255 e. The molecule has 2 aromatic heterocycles. The van der Waals surface area contributed by atoms with Gasteiger partial charge in [0, 0.05) is 42.8 Å². The van der Waals surface area contributed by atoms with Gasteiger partial charge in [-0.2, -0.15) is 0 Å². The first-order chi connectivity index (χ1) is 16.0. The quantitative estimate of drug-likeness (QED) is 0.561. The number of anilines is 2. The molecule has 2 aliphatic rings. The van der Waals surface area contributed by atoms with Crippen molar-refractivity contribution in [2.24, 2.45) is 0 Å². The molecular weight excluding hydrogens is 427 g/mol. The van der Waals surface area contributed by atoms with Crippen LogP contribution in [0.1, 0.15) is 35.3 Å². The Morgan fingerprint density at radius 3 is 2.97 bits per heavy atom. The van der Waals surface area contributed by atoms with Gasteiger partial charge in [0.1, 0.15) is 11.5 Å². The second kappa shape index (κ2) is 8.57. The molecule has 1 amide bonds. The van der Waals surface area contributed by atoms with Gasteiger partial charge in [0.15, 0.2) is 11.6 Å². The van der Waals surface area contributed by atoms with E-state index >= 15 is 0 Å². The van der Waals surface area contributed by atoms with Crippen LogP contribution in [0.15, 0.2) is 36.7 Å². The van der Waals surface area contributed by atoms with E-state index in [9.17, 15) is 14.0 Å². The lowest BCUT2D eigenvalue weighted by atomic mass is 9.95. The number of aromatic nitrogens is 2. The van der Waals surface area contributed by atoms with Crippen molar-refractivity contribution in [1.82, 2.24) is 15.3 Å². The Morgan fingerprint density at radius 1 is 1.24 bits per heavy atom. The number of benzene rings is 1. The van der Waals surface area contributed by atoms with Gasteiger partial charge in [0.2, 0.25) is 0 Å². The third-order valence-electron chi connectivity index (χ3n) is 5.91. The highest BCUT2D eigenvalue weighted by Gasteiger charge is 2.33. The Kier molecular flexibility index (Phi) is 5.45. The Labute approximate surface area is 189 Å². The lowest BCUT2D eigenvalue weighted by Gasteiger charge is -2.24. The van der Waals surface area contributed by atoms with E-state index in [2.05, 4.69) is 20.6 Å². The maximum Gasteiger partial charge on any atom is 0.255 e. The number of Topliss-reactive ketones (excluding diaryl/α,β-unsaturated/α-hetero) is 1. The van der Waals surface area contributed by atoms with Gasteiger partial charge in [-0.15, -0.1) is 0 Å². The number of hydrogen-bond acceptors (Lipinski definition) is 6. The van der Waals surface area contributed by atoms with Crippen LogP contribution in [-0.2, 0) is 11.2 Å². The van der Waals surface area contributed by atoms with Gasteiger partial charge in [0.05, 0.1) is 42.5 Å². The summed E-state index contributed by atoms with van der Waals surface area (Å²) in [6, 6.07) is 6.04. The molecule has 4 heterocycles. The number of ketones is 1. The van der Waals surface area contributed by atoms with E-state index in [-0.39, 0.29) is 29.9 Å². The van der Waals surface area contributed by atoms with Crippen LogP contribution in [0.2, 0.25) is 0 Å². The zero-order valence-corrected chi connectivity index (χ0v) is 18.0. The topological polar surface area (TPSA) is 105 Å². The highest BCUT2D eigenvalue weighted by Crippen LogP contribution is 2.42. The average molecular weight is 450 g/mol. The van der Waals surface area contributed by atoms with Crippen LogP contribution in [0.5, 0.6) is 11.5 Å². The molecule has 3 aromatic rings. The third kappa shape index (κ3) is 3.90. The summed E-state index contributed by atoms with van der Waals surface area (Å²) >= 11 is 0. The zero-order valence-electron chi connectivity index (χ0n) is 18.0. The summed E-state index contributed by atoms with van der Waals surface area (Å²) in [6.45, 7) is 0.363. The average Bonchev–Trinajstić information content (AvgIpc) is 3.15. The minimum atomic E-state index is -0.522. The number of hydrogen-bond donors (Lipinski definition) is 3. The van der Waals surface area contributed by atoms with Gasteiger partial charge >= 0.3 is 0 Å². The van der Waals surface area contributed by atoms with Crippen LogP contribution in [-0.4, -0.2) is 41.4 Å². The molecule has 2 aliphatic heterocycles. The molecule has 1 atom stereocenters. The fourth-order valence-electron chi connectivity index (χ4n) is 4.44. The number of aromatic amines is 1. The predicted molar refractivity (Wildman–Crippen MR) is 120 cm³/mol. The predicted octanol–water partition coefficient (Wildman–Crippen LogP) is 3.75. The Hall–Kier alpha value is -3.88. The highest BCUT2D eigenvalue weighted by molar-refractivity contribution is 6.07. The first kappa shape index (κ1) is 21.0. The summed E-state index contributed by atoms with van der Waals surface area (Å²) in [5.74, 6) is -0.185. The zero-order chi connectivity index (χ0) is 22.9. The van der Waals surface area contributed by atoms with E-state index in [0.717, 1.165) is 0 Å². The monoisotopic (exact) mass is 450 g/mol. The van der Waals surface area contributed by atoms with Crippen LogP contribution in [0.25, 0.3) is 11.3 Å². The Balaban J connectivity index is 1.69. The van der Waals surface area contributed by atoms with Crippen molar-refractivity contribution in [3.05, 3.63) is 53.7 Å². The Bertz CT molecular complexity index is 1240. The van der Waals surface area contributed by atoms with Crippen LogP contribution in [0, 0.1) is 5.82 Å². The van der Waals surface area contributed by atoms with Crippen molar-refractivity contribution < 1.29 is 23.5 Å². The third-order valence-corrected chi connectivity index (χ3v) is 5.91. The van der Waals surface area contributed by atoms with E-state index in [1.165, 1.54) is 13.2 Å². The molecule has 33 heavy (non-hydrogen) atoms. The first-order valence-electron chi connectivity index (χ1n) is 10.8. The number of pyridine rings is 1. The van der Waals surface area contributed by atoms with Crippen LogP contribution in [0.4, 0.5) is 15.8 Å². The molecule has 0 saturated carbocycles. The normalized spacial score (nSPS) is 17.7. The molecule has 0 radical (unpaired) electrons. The SMILES string of the molecule is COc1c(F)cccc1Nc1c2[nH]c3c1C(=O)N[C@H](CC(=O)CCCOc1cnccc1-2)C3. The van der Waals surface area contributed by atoms with Crippen molar-refractivity contribution in [3.63, 3.8) is 0 Å². The van der Waals surface area contributed by atoms with Crippen molar-refractivity contribution in [2.75, 3.05) is 19.0 Å². The number of carbonyl (C=O) groups is 2. The molecule has 3 N–H and O–H groups in total. The molecular formula is C24H23FN4O4.